The fraction of sp³-hybridized carbons (Fsp3) is 0.370. The highest BCUT2D eigenvalue weighted by atomic mass is 16.6. The Morgan fingerprint density at radius 3 is 2.34 bits per heavy atom. The average molecular weight is 566 g/mol. The Labute approximate surface area is 234 Å². The SMILES string of the molecule is CCOC(=O)N1CCN(C(=O)C(CCC(=O)O)NC(=O)c2cc(-n3[nH]c(C)cc3=O)nc(-c3ccccc3)n2)CC1. The zero-order chi connectivity index (χ0) is 29.5. The van der Waals surface area contributed by atoms with Crippen LogP contribution in [0.1, 0.15) is 35.9 Å². The van der Waals surface area contributed by atoms with Crippen LogP contribution in [0.15, 0.2) is 47.3 Å². The minimum atomic E-state index is -1.17. The number of aromatic nitrogens is 4. The first-order chi connectivity index (χ1) is 19.7. The number of hydrogen-bond donors (Lipinski definition) is 3. The summed E-state index contributed by atoms with van der Waals surface area (Å²) in [4.78, 5) is 74.5. The van der Waals surface area contributed by atoms with Crippen molar-refractivity contribution in [3.63, 3.8) is 0 Å². The summed E-state index contributed by atoms with van der Waals surface area (Å²) in [5.41, 5.74) is 0.678. The van der Waals surface area contributed by atoms with E-state index in [0.717, 1.165) is 0 Å². The maximum atomic E-state index is 13.5. The third kappa shape index (κ3) is 7.15. The van der Waals surface area contributed by atoms with Crippen LogP contribution in [0.3, 0.4) is 0 Å². The van der Waals surface area contributed by atoms with Gasteiger partial charge in [-0.05, 0) is 20.3 Å². The predicted octanol–water partition coefficient (Wildman–Crippen LogP) is 1.19. The van der Waals surface area contributed by atoms with Gasteiger partial charge in [0.2, 0.25) is 5.91 Å². The van der Waals surface area contributed by atoms with Crippen molar-refractivity contribution in [3.05, 3.63) is 64.2 Å². The predicted molar refractivity (Wildman–Crippen MR) is 145 cm³/mol. The smallest absolute Gasteiger partial charge is 0.409 e. The lowest BCUT2D eigenvalue weighted by molar-refractivity contribution is -0.138. The van der Waals surface area contributed by atoms with Crippen LogP contribution < -0.4 is 10.9 Å². The number of hydrogen-bond acceptors (Lipinski definition) is 8. The van der Waals surface area contributed by atoms with Gasteiger partial charge in [-0.3, -0.25) is 24.3 Å². The summed E-state index contributed by atoms with van der Waals surface area (Å²) in [6.45, 7) is 4.51. The van der Waals surface area contributed by atoms with E-state index in [9.17, 15) is 29.1 Å². The van der Waals surface area contributed by atoms with E-state index < -0.39 is 29.9 Å². The Morgan fingerprint density at radius 1 is 1.05 bits per heavy atom. The van der Waals surface area contributed by atoms with Crippen LogP contribution in [0.4, 0.5) is 4.79 Å². The molecule has 216 valence electrons. The van der Waals surface area contributed by atoms with E-state index in [1.165, 1.54) is 26.6 Å². The number of benzene rings is 1. The molecule has 4 rings (SSSR count). The highest BCUT2D eigenvalue weighted by Crippen LogP contribution is 2.18. The number of aromatic amines is 1. The second kappa shape index (κ2) is 12.9. The number of nitrogens with one attached hydrogen (secondary N) is 2. The van der Waals surface area contributed by atoms with Gasteiger partial charge >= 0.3 is 12.1 Å². The maximum Gasteiger partial charge on any atom is 0.409 e. The number of carbonyl (C=O) groups excluding carboxylic acids is 3. The number of rotatable bonds is 9. The number of carboxylic acids is 1. The molecule has 3 N–H and O–H groups in total. The molecule has 0 radical (unpaired) electrons. The number of carboxylic acid groups (broad SMARTS) is 1. The first-order valence-electron chi connectivity index (χ1n) is 13.1. The summed E-state index contributed by atoms with van der Waals surface area (Å²) in [6, 6.07) is 10.4. The molecule has 1 atom stereocenters. The number of aryl methyl sites for hydroxylation is 1. The van der Waals surface area contributed by atoms with Crippen molar-refractivity contribution in [2.45, 2.75) is 32.7 Å². The lowest BCUT2D eigenvalue weighted by Gasteiger charge is -2.35. The molecule has 3 aromatic rings. The Kier molecular flexibility index (Phi) is 9.12. The third-order valence-electron chi connectivity index (χ3n) is 6.42. The van der Waals surface area contributed by atoms with Crippen molar-refractivity contribution >= 4 is 23.9 Å². The highest BCUT2D eigenvalue weighted by molar-refractivity contribution is 5.97. The van der Waals surface area contributed by atoms with Crippen LogP contribution in [0.5, 0.6) is 0 Å². The summed E-state index contributed by atoms with van der Waals surface area (Å²) in [6.07, 6.45) is -0.988. The van der Waals surface area contributed by atoms with Crippen molar-refractivity contribution in [2.24, 2.45) is 0 Å². The lowest BCUT2D eigenvalue weighted by Crippen LogP contribution is -2.56. The van der Waals surface area contributed by atoms with Gasteiger partial charge in [0.1, 0.15) is 11.7 Å². The standard InChI is InChI=1S/C27H31N7O7/c1-3-41-27(40)33-13-11-32(12-14-33)26(39)19(9-10-23(36)37)29-25(38)20-16-21(34-22(35)15-17(2)31-34)30-24(28-20)18-7-5-4-6-8-18/h4-8,15-16,19,31H,3,9-14H2,1-2H3,(H,29,38)(H,36,37). The van der Waals surface area contributed by atoms with Gasteiger partial charge in [-0.25, -0.2) is 19.4 Å². The summed E-state index contributed by atoms with van der Waals surface area (Å²) < 4.78 is 6.19. The zero-order valence-corrected chi connectivity index (χ0v) is 22.7. The Bertz CT molecular complexity index is 1480. The molecular weight excluding hydrogens is 534 g/mol. The van der Waals surface area contributed by atoms with E-state index in [-0.39, 0.29) is 68.5 Å². The largest absolute Gasteiger partial charge is 0.481 e. The molecule has 1 saturated heterocycles. The van der Waals surface area contributed by atoms with E-state index in [1.807, 2.05) is 6.07 Å². The molecule has 2 aromatic heterocycles. The molecule has 3 heterocycles. The van der Waals surface area contributed by atoms with Crippen LogP contribution >= 0.6 is 0 Å². The molecule has 1 aromatic carbocycles. The Hall–Kier alpha value is -5.01. The fourth-order valence-corrected chi connectivity index (χ4v) is 4.37. The molecule has 1 aliphatic heterocycles. The monoisotopic (exact) mass is 565 g/mol. The summed E-state index contributed by atoms with van der Waals surface area (Å²) in [5.74, 6) is -2.05. The number of nitrogens with zero attached hydrogens (tertiary/aromatic N) is 5. The van der Waals surface area contributed by atoms with Crippen molar-refractivity contribution in [1.29, 1.82) is 0 Å². The Morgan fingerprint density at radius 2 is 1.73 bits per heavy atom. The maximum absolute atomic E-state index is 13.5. The quantitative estimate of drug-likeness (QED) is 0.343. The van der Waals surface area contributed by atoms with E-state index in [1.54, 1.807) is 38.1 Å². The van der Waals surface area contributed by atoms with Gasteiger partial charge in [0, 0.05) is 56.0 Å². The molecular formula is C27H31N7O7. The van der Waals surface area contributed by atoms with Gasteiger partial charge in [0.25, 0.3) is 11.5 Å². The van der Waals surface area contributed by atoms with Crippen molar-refractivity contribution < 1.29 is 29.0 Å². The minimum absolute atomic E-state index is 0.116. The molecule has 0 spiro atoms. The lowest BCUT2D eigenvalue weighted by atomic mass is 10.1. The molecule has 1 fully saturated rings. The van der Waals surface area contributed by atoms with E-state index in [0.29, 0.717) is 11.3 Å². The van der Waals surface area contributed by atoms with Gasteiger partial charge in [-0.15, -0.1) is 0 Å². The molecule has 14 heteroatoms. The number of aliphatic carboxylic acids is 1. The van der Waals surface area contributed by atoms with Crippen molar-refractivity contribution in [3.8, 4) is 17.2 Å². The van der Waals surface area contributed by atoms with Gasteiger partial charge in [-0.1, -0.05) is 30.3 Å². The normalized spacial score (nSPS) is 13.9. The van der Waals surface area contributed by atoms with Crippen LogP contribution in [-0.4, -0.2) is 97.4 Å². The van der Waals surface area contributed by atoms with Gasteiger partial charge in [0.15, 0.2) is 11.6 Å². The first-order valence-corrected chi connectivity index (χ1v) is 13.1. The zero-order valence-electron chi connectivity index (χ0n) is 22.7. The molecule has 0 saturated carbocycles. The third-order valence-corrected chi connectivity index (χ3v) is 6.42. The average Bonchev–Trinajstić information content (AvgIpc) is 3.32. The van der Waals surface area contributed by atoms with Gasteiger partial charge in [0.05, 0.1) is 6.61 Å². The fourth-order valence-electron chi connectivity index (χ4n) is 4.37. The first kappa shape index (κ1) is 29.0. The number of carbonyl (C=O) groups is 4. The summed E-state index contributed by atoms with van der Waals surface area (Å²) in [7, 11) is 0. The van der Waals surface area contributed by atoms with Crippen LogP contribution in [0.2, 0.25) is 0 Å². The number of ether oxygens (including phenoxy) is 1. The van der Waals surface area contributed by atoms with Gasteiger partial charge < -0.3 is 25.0 Å². The molecule has 1 unspecified atom stereocenters. The summed E-state index contributed by atoms with van der Waals surface area (Å²) >= 11 is 0. The molecule has 0 bridgehead atoms. The van der Waals surface area contributed by atoms with Gasteiger partial charge in [-0.2, -0.15) is 0 Å². The van der Waals surface area contributed by atoms with E-state index in [4.69, 9.17) is 4.74 Å². The molecule has 3 amide bonds. The molecule has 1 aliphatic rings. The number of piperazine rings is 1. The number of amides is 3. The van der Waals surface area contributed by atoms with E-state index in [2.05, 4.69) is 20.4 Å². The van der Waals surface area contributed by atoms with Crippen molar-refractivity contribution in [1.82, 2.24) is 34.9 Å². The van der Waals surface area contributed by atoms with Crippen LogP contribution in [0.25, 0.3) is 17.2 Å². The topological polar surface area (TPSA) is 180 Å². The van der Waals surface area contributed by atoms with Crippen molar-refractivity contribution in [2.75, 3.05) is 32.8 Å². The second-order valence-electron chi connectivity index (χ2n) is 9.38. The summed E-state index contributed by atoms with van der Waals surface area (Å²) in [5, 5.41) is 14.8. The van der Waals surface area contributed by atoms with Crippen LogP contribution in [-0.2, 0) is 14.3 Å². The van der Waals surface area contributed by atoms with E-state index >= 15 is 0 Å². The number of H-pyrrole nitrogens is 1. The Balaban J connectivity index is 1.60. The molecule has 41 heavy (non-hydrogen) atoms. The highest BCUT2D eigenvalue weighted by Gasteiger charge is 2.31. The molecule has 0 aliphatic carbocycles. The second-order valence-corrected chi connectivity index (χ2v) is 9.38. The van der Waals surface area contributed by atoms with Crippen LogP contribution in [0, 0.1) is 6.92 Å². The molecule has 14 nitrogen and oxygen atoms in total. The minimum Gasteiger partial charge on any atom is -0.481 e.